The summed E-state index contributed by atoms with van der Waals surface area (Å²) >= 11 is 0. The van der Waals surface area contributed by atoms with Crippen molar-refractivity contribution in [2.75, 3.05) is 20.1 Å². The molecule has 0 saturated carbocycles. The van der Waals surface area contributed by atoms with E-state index in [1.54, 1.807) is 7.05 Å². The van der Waals surface area contributed by atoms with E-state index < -0.39 is 0 Å². The highest BCUT2D eigenvalue weighted by Crippen LogP contribution is 2.22. The highest BCUT2D eigenvalue weighted by Gasteiger charge is 2.32. The zero-order valence-electron chi connectivity index (χ0n) is 11.6. The summed E-state index contributed by atoms with van der Waals surface area (Å²) in [5.41, 5.74) is 0. The van der Waals surface area contributed by atoms with Gasteiger partial charge in [0, 0.05) is 19.1 Å². The van der Waals surface area contributed by atoms with Crippen molar-refractivity contribution in [3.63, 3.8) is 0 Å². The molecule has 4 nitrogen and oxygen atoms in total. The van der Waals surface area contributed by atoms with Gasteiger partial charge in [0.2, 0.25) is 5.91 Å². The Hall–Kier alpha value is -0.610. The Morgan fingerprint density at radius 1 is 1.41 bits per heavy atom. The molecule has 4 heteroatoms. The van der Waals surface area contributed by atoms with E-state index >= 15 is 0 Å². The number of likely N-dealkylation sites (tertiary alicyclic amines) is 1. The average Bonchev–Trinajstić information content (AvgIpc) is 2.37. The molecule has 0 aromatic heterocycles. The number of hydrogen-bond acceptors (Lipinski definition) is 3. The van der Waals surface area contributed by atoms with Gasteiger partial charge in [-0.1, -0.05) is 13.3 Å². The van der Waals surface area contributed by atoms with Gasteiger partial charge in [-0.15, -0.1) is 0 Å². The zero-order chi connectivity index (χ0) is 12.8. The lowest BCUT2D eigenvalue weighted by atomic mass is 9.94. The van der Waals surface area contributed by atoms with Gasteiger partial charge in [-0.2, -0.15) is 0 Å². The molecule has 0 bridgehead atoms. The number of hydrogen-bond donors (Lipinski definition) is 2. The van der Waals surface area contributed by atoms with Crippen molar-refractivity contribution < 1.29 is 4.79 Å². The summed E-state index contributed by atoms with van der Waals surface area (Å²) in [6.07, 6.45) is 3.67. The van der Waals surface area contributed by atoms with E-state index in [-0.39, 0.29) is 11.9 Å². The van der Waals surface area contributed by atoms with Crippen LogP contribution in [0.3, 0.4) is 0 Å². The number of carbonyl (C=O) groups is 1. The van der Waals surface area contributed by atoms with Crippen molar-refractivity contribution >= 4 is 5.91 Å². The first-order chi connectivity index (χ1) is 8.11. The van der Waals surface area contributed by atoms with Crippen LogP contribution in [0.1, 0.15) is 40.0 Å². The van der Waals surface area contributed by atoms with Crippen LogP contribution in [0.5, 0.6) is 0 Å². The maximum Gasteiger partial charge on any atom is 0.236 e. The summed E-state index contributed by atoms with van der Waals surface area (Å²) in [6, 6.07) is 0.912. The van der Waals surface area contributed by atoms with Gasteiger partial charge >= 0.3 is 0 Å². The van der Waals surface area contributed by atoms with Crippen molar-refractivity contribution in [2.24, 2.45) is 0 Å². The molecular weight excluding hydrogens is 214 g/mol. The summed E-state index contributed by atoms with van der Waals surface area (Å²) in [4.78, 5) is 14.1. The summed E-state index contributed by atoms with van der Waals surface area (Å²) in [6.45, 7) is 8.39. The first-order valence-corrected chi connectivity index (χ1v) is 6.82. The zero-order valence-corrected chi connectivity index (χ0v) is 11.6. The number of carbonyl (C=O) groups excluding carboxylic acids is 1. The third-order valence-electron chi connectivity index (χ3n) is 3.82. The first-order valence-electron chi connectivity index (χ1n) is 6.82. The van der Waals surface area contributed by atoms with E-state index in [0.717, 1.165) is 13.1 Å². The van der Waals surface area contributed by atoms with Gasteiger partial charge in [0.15, 0.2) is 0 Å². The quantitative estimate of drug-likeness (QED) is 0.754. The number of nitrogens with zero attached hydrogens (tertiary/aromatic N) is 1. The molecular formula is C13H27N3O. The van der Waals surface area contributed by atoms with Gasteiger partial charge in [0.25, 0.3) is 0 Å². The summed E-state index contributed by atoms with van der Waals surface area (Å²) in [5.74, 6) is 0.126. The largest absolute Gasteiger partial charge is 0.358 e. The van der Waals surface area contributed by atoms with Gasteiger partial charge in [-0.25, -0.2) is 0 Å². The van der Waals surface area contributed by atoms with E-state index in [1.807, 2.05) is 6.92 Å². The maximum atomic E-state index is 11.8. The SMILES string of the molecule is CCNC(C)C1CCCCN1C(C)C(=O)NC. The molecule has 0 aromatic rings. The smallest absolute Gasteiger partial charge is 0.236 e. The standard InChI is InChI=1S/C13H27N3O/c1-5-15-10(2)12-8-6-7-9-16(12)11(3)13(17)14-4/h10-12,15H,5-9H2,1-4H3,(H,14,17). The third kappa shape index (κ3) is 3.68. The van der Waals surface area contributed by atoms with Crippen LogP contribution >= 0.6 is 0 Å². The van der Waals surface area contributed by atoms with Gasteiger partial charge in [-0.3, -0.25) is 9.69 Å². The number of amides is 1. The molecule has 1 saturated heterocycles. The highest BCUT2D eigenvalue weighted by molar-refractivity contribution is 5.81. The Morgan fingerprint density at radius 3 is 2.71 bits per heavy atom. The molecule has 0 spiro atoms. The summed E-state index contributed by atoms with van der Waals surface area (Å²) < 4.78 is 0. The van der Waals surface area contributed by atoms with Crippen LogP contribution in [-0.2, 0) is 4.79 Å². The monoisotopic (exact) mass is 241 g/mol. The Bertz CT molecular complexity index is 245. The highest BCUT2D eigenvalue weighted by atomic mass is 16.2. The third-order valence-corrected chi connectivity index (χ3v) is 3.82. The minimum Gasteiger partial charge on any atom is -0.358 e. The molecule has 1 aliphatic rings. The maximum absolute atomic E-state index is 11.8. The number of rotatable bonds is 5. The first kappa shape index (κ1) is 14.5. The van der Waals surface area contributed by atoms with Crippen LogP contribution in [0.25, 0.3) is 0 Å². The minimum absolute atomic E-state index is 0.0218. The normalized spacial score (nSPS) is 25.3. The molecule has 0 radical (unpaired) electrons. The van der Waals surface area contributed by atoms with Gasteiger partial charge in [0.05, 0.1) is 6.04 Å². The van der Waals surface area contributed by atoms with Crippen LogP contribution in [-0.4, -0.2) is 49.1 Å². The Balaban J connectivity index is 2.68. The van der Waals surface area contributed by atoms with Crippen molar-refractivity contribution in [3.05, 3.63) is 0 Å². The number of likely N-dealkylation sites (N-methyl/N-ethyl adjacent to an activating group) is 2. The molecule has 1 fully saturated rings. The number of piperidine rings is 1. The second-order valence-corrected chi connectivity index (χ2v) is 4.94. The number of nitrogens with one attached hydrogen (secondary N) is 2. The van der Waals surface area contributed by atoms with Crippen LogP contribution in [0.4, 0.5) is 0 Å². The fourth-order valence-corrected chi connectivity index (χ4v) is 2.82. The van der Waals surface area contributed by atoms with E-state index in [2.05, 4.69) is 29.4 Å². The topological polar surface area (TPSA) is 44.4 Å². The molecule has 1 heterocycles. The molecule has 3 unspecified atom stereocenters. The van der Waals surface area contributed by atoms with Crippen molar-refractivity contribution in [1.29, 1.82) is 0 Å². The van der Waals surface area contributed by atoms with E-state index in [1.165, 1.54) is 19.3 Å². The van der Waals surface area contributed by atoms with Gasteiger partial charge in [-0.05, 0) is 39.8 Å². The van der Waals surface area contributed by atoms with Crippen LogP contribution in [0, 0.1) is 0 Å². The molecule has 100 valence electrons. The van der Waals surface area contributed by atoms with Crippen LogP contribution < -0.4 is 10.6 Å². The Kier molecular flexibility index (Phi) is 5.92. The molecule has 17 heavy (non-hydrogen) atoms. The Morgan fingerprint density at radius 2 is 2.12 bits per heavy atom. The molecule has 2 N–H and O–H groups in total. The molecule has 1 rings (SSSR count). The van der Waals surface area contributed by atoms with Gasteiger partial charge < -0.3 is 10.6 Å². The van der Waals surface area contributed by atoms with Crippen molar-refractivity contribution in [1.82, 2.24) is 15.5 Å². The minimum atomic E-state index is -0.0218. The fraction of sp³-hybridized carbons (Fsp3) is 0.923. The molecule has 0 aliphatic carbocycles. The second-order valence-electron chi connectivity index (χ2n) is 4.94. The molecule has 1 amide bonds. The lowest BCUT2D eigenvalue weighted by molar-refractivity contribution is -0.127. The predicted octanol–water partition coefficient (Wildman–Crippen LogP) is 0.973. The van der Waals surface area contributed by atoms with E-state index in [4.69, 9.17) is 0 Å². The molecule has 3 atom stereocenters. The van der Waals surface area contributed by atoms with Crippen LogP contribution in [0.15, 0.2) is 0 Å². The fourth-order valence-electron chi connectivity index (χ4n) is 2.82. The summed E-state index contributed by atoms with van der Waals surface area (Å²) in [7, 11) is 1.71. The van der Waals surface area contributed by atoms with E-state index in [0.29, 0.717) is 12.1 Å². The lowest BCUT2D eigenvalue weighted by Crippen LogP contribution is -2.57. The van der Waals surface area contributed by atoms with Gasteiger partial charge in [0.1, 0.15) is 0 Å². The molecule has 1 aliphatic heterocycles. The van der Waals surface area contributed by atoms with Crippen molar-refractivity contribution in [3.8, 4) is 0 Å². The Labute approximate surface area is 105 Å². The van der Waals surface area contributed by atoms with Crippen LogP contribution in [0.2, 0.25) is 0 Å². The lowest BCUT2D eigenvalue weighted by Gasteiger charge is -2.42. The molecule has 0 aromatic carbocycles. The predicted molar refractivity (Wildman–Crippen MR) is 71.0 cm³/mol. The average molecular weight is 241 g/mol. The van der Waals surface area contributed by atoms with Crippen molar-refractivity contribution in [2.45, 2.75) is 58.2 Å². The van der Waals surface area contributed by atoms with E-state index in [9.17, 15) is 4.79 Å². The summed E-state index contributed by atoms with van der Waals surface area (Å²) in [5, 5.41) is 6.24. The second kappa shape index (κ2) is 6.97.